The monoisotopic (exact) mass is 268 g/mol. The third-order valence-electron chi connectivity index (χ3n) is 3.42. The Hall–Kier alpha value is -1.71. The molecule has 1 unspecified atom stereocenters. The van der Waals surface area contributed by atoms with Gasteiger partial charge >= 0.3 is 0 Å². The molecule has 2 aromatic heterocycles. The van der Waals surface area contributed by atoms with Crippen molar-refractivity contribution in [3.63, 3.8) is 0 Å². The van der Waals surface area contributed by atoms with Gasteiger partial charge in [0.15, 0.2) is 0 Å². The topological polar surface area (TPSA) is 24.9 Å². The van der Waals surface area contributed by atoms with Gasteiger partial charge in [0.2, 0.25) is 0 Å². The second kappa shape index (κ2) is 5.51. The lowest BCUT2D eigenvalue weighted by Gasteiger charge is -2.18. The van der Waals surface area contributed by atoms with Gasteiger partial charge in [-0.1, -0.05) is 24.3 Å². The highest BCUT2D eigenvalue weighted by Crippen LogP contribution is 2.27. The molecule has 0 radical (unpaired) electrons. The molecule has 3 rings (SSSR count). The lowest BCUT2D eigenvalue weighted by atomic mass is 9.97. The van der Waals surface area contributed by atoms with Gasteiger partial charge in [0, 0.05) is 35.1 Å². The third-order valence-corrected chi connectivity index (χ3v) is 4.32. The number of nitrogens with one attached hydrogen (secondary N) is 1. The Balaban J connectivity index is 2.01. The van der Waals surface area contributed by atoms with Gasteiger partial charge in [0.25, 0.3) is 0 Å². The van der Waals surface area contributed by atoms with E-state index < -0.39 is 0 Å². The largest absolute Gasteiger partial charge is 0.313 e. The molecule has 0 aliphatic carbocycles. The molecule has 96 valence electrons. The SMILES string of the molecule is CNC(Cc1cccs1)c1cccc2cnccc12. The summed E-state index contributed by atoms with van der Waals surface area (Å²) in [5, 5.41) is 8.05. The van der Waals surface area contributed by atoms with Crippen LogP contribution in [-0.4, -0.2) is 12.0 Å². The first kappa shape index (κ1) is 12.3. The van der Waals surface area contributed by atoms with Gasteiger partial charge in [-0.15, -0.1) is 11.3 Å². The van der Waals surface area contributed by atoms with Crippen LogP contribution >= 0.6 is 11.3 Å². The van der Waals surface area contributed by atoms with Crippen LogP contribution in [0, 0.1) is 0 Å². The summed E-state index contributed by atoms with van der Waals surface area (Å²) in [5.74, 6) is 0. The summed E-state index contributed by atoms with van der Waals surface area (Å²) < 4.78 is 0. The van der Waals surface area contributed by atoms with Crippen LogP contribution in [0.2, 0.25) is 0 Å². The van der Waals surface area contributed by atoms with Crippen LogP contribution in [0.25, 0.3) is 10.8 Å². The van der Waals surface area contributed by atoms with Crippen LogP contribution in [0.1, 0.15) is 16.5 Å². The first-order valence-corrected chi connectivity index (χ1v) is 7.29. The van der Waals surface area contributed by atoms with Gasteiger partial charge in [-0.2, -0.15) is 0 Å². The summed E-state index contributed by atoms with van der Waals surface area (Å²) >= 11 is 1.81. The minimum Gasteiger partial charge on any atom is -0.313 e. The Morgan fingerprint density at radius 1 is 1.21 bits per heavy atom. The summed E-state index contributed by atoms with van der Waals surface area (Å²) in [4.78, 5) is 5.60. The van der Waals surface area contributed by atoms with Gasteiger partial charge in [-0.25, -0.2) is 0 Å². The first-order valence-electron chi connectivity index (χ1n) is 6.41. The van der Waals surface area contributed by atoms with Crippen molar-refractivity contribution < 1.29 is 0 Å². The van der Waals surface area contributed by atoms with Gasteiger partial charge in [0.05, 0.1) is 0 Å². The van der Waals surface area contributed by atoms with Crippen molar-refractivity contribution in [2.45, 2.75) is 12.5 Å². The Kier molecular flexibility index (Phi) is 3.58. The van der Waals surface area contributed by atoms with E-state index in [0.29, 0.717) is 6.04 Å². The summed E-state index contributed by atoms with van der Waals surface area (Å²) in [6.07, 6.45) is 4.82. The normalized spacial score (nSPS) is 12.7. The molecule has 1 aromatic carbocycles. The number of fused-ring (bicyclic) bond motifs is 1. The molecule has 0 bridgehead atoms. The number of benzene rings is 1. The van der Waals surface area contributed by atoms with Gasteiger partial charge in [-0.3, -0.25) is 4.98 Å². The fourth-order valence-electron chi connectivity index (χ4n) is 2.45. The van der Waals surface area contributed by atoms with Crippen LogP contribution in [0.4, 0.5) is 0 Å². The van der Waals surface area contributed by atoms with E-state index in [2.05, 4.69) is 52.1 Å². The fraction of sp³-hybridized carbons (Fsp3) is 0.188. The molecule has 0 spiro atoms. The predicted octanol–water partition coefficient (Wildman–Crippen LogP) is 3.80. The molecule has 3 aromatic rings. The molecule has 19 heavy (non-hydrogen) atoms. The van der Waals surface area contributed by atoms with Gasteiger partial charge in [0.1, 0.15) is 0 Å². The van der Waals surface area contributed by atoms with E-state index in [-0.39, 0.29) is 0 Å². The minimum absolute atomic E-state index is 0.338. The van der Waals surface area contributed by atoms with Crippen molar-refractivity contribution in [1.82, 2.24) is 10.3 Å². The van der Waals surface area contributed by atoms with Gasteiger partial charge in [-0.05, 0) is 35.5 Å². The maximum Gasteiger partial charge on any atom is 0.0372 e. The molecular weight excluding hydrogens is 252 g/mol. The highest BCUT2D eigenvalue weighted by molar-refractivity contribution is 7.09. The van der Waals surface area contributed by atoms with E-state index in [1.807, 2.05) is 30.8 Å². The Bertz CT molecular complexity index is 656. The molecule has 0 saturated carbocycles. The molecule has 0 amide bonds. The van der Waals surface area contributed by atoms with E-state index >= 15 is 0 Å². The molecule has 3 heteroatoms. The summed E-state index contributed by atoms with van der Waals surface area (Å²) in [7, 11) is 2.03. The Morgan fingerprint density at radius 3 is 2.95 bits per heavy atom. The lowest BCUT2D eigenvalue weighted by Crippen LogP contribution is -2.18. The van der Waals surface area contributed by atoms with Gasteiger partial charge < -0.3 is 5.32 Å². The number of aromatic nitrogens is 1. The number of nitrogens with zero attached hydrogens (tertiary/aromatic N) is 1. The number of thiophene rings is 1. The second-order valence-corrected chi connectivity index (χ2v) is 5.60. The smallest absolute Gasteiger partial charge is 0.0372 e. The van der Waals surface area contributed by atoms with E-state index in [9.17, 15) is 0 Å². The zero-order valence-electron chi connectivity index (χ0n) is 10.8. The number of hydrogen-bond donors (Lipinski definition) is 1. The average Bonchev–Trinajstić information content (AvgIpc) is 2.97. The summed E-state index contributed by atoms with van der Waals surface area (Å²) in [5.41, 5.74) is 1.34. The highest BCUT2D eigenvalue weighted by Gasteiger charge is 2.13. The first-order chi connectivity index (χ1) is 9.38. The number of pyridine rings is 1. The minimum atomic E-state index is 0.338. The molecule has 0 saturated heterocycles. The highest BCUT2D eigenvalue weighted by atomic mass is 32.1. The zero-order valence-corrected chi connectivity index (χ0v) is 11.7. The maximum absolute atomic E-state index is 4.20. The summed E-state index contributed by atoms with van der Waals surface area (Å²) in [6, 6.07) is 13.2. The third kappa shape index (κ3) is 2.53. The van der Waals surface area contributed by atoms with Crippen LogP contribution < -0.4 is 5.32 Å². The average molecular weight is 268 g/mol. The predicted molar refractivity (Wildman–Crippen MR) is 81.6 cm³/mol. The van der Waals surface area contributed by atoms with Crippen molar-refractivity contribution in [2.24, 2.45) is 0 Å². The van der Waals surface area contributed by atoms with E-state index in [1.165, 1.54) is 21.2 Å². The molecule has 1 N–H and O–H groups in total. The van der Waals surface area contributed by atoms with E-state index in [1.54, 1.807) is 0 Å². The van der Waals surface area contributed by atoms with Crippen molar-refractivity contribution >= 4 is 22.1 Å². The number of hydrogen-bond acceptors (Lipinski definition) is 3. The molecule has 1 atom stereocenters. The van der Waals surface area contributed by atoms with Crippen LogP contribution in [0.15, 0.2) is 54.2 Å². The summed E-state index contributed by atoms with van der Waals surface area (Å²) in [6.45, 7) is 0. The van der Waals surface area contributed by atoms with Crippen molar-refractivity contribution in [3.05, 3.63) is 64.6 Å². The van der Waals surface area contributed by atoms with Crippen molar-refractivity contribution in [3.8, 4) is 0 Å². The quantitative estimate of drug-likeness (QED) is 0.778. The molecule has 0 fully saturated rings. The van der Waals surface area contributed by atoms with E-state index in [0.717, 1.165) is 6.42 Å². The van der Waals surface area contributed by atoms with Crippen LogP contribution in [0.3, 0.4) is 0 Å². The number of likely N-dealkylation sites (N-methyl/N-ethyl adjacent to an activating group) is 1. The molecule has 2 nitrogen and oxygen atoms in total. The standard InChI is InChI=1S/C16H16N2S/c1-17-16(10-13-5-3-9-19-13)15-6-2-4-12-11-18-8-7-14(12)15/h2-9,11,16-17H,10H2,1H3. The number of rotatable bonds is 4. The molecular formula is C16H16N2S. The molecule has 0 aliphatic rings. The molecule has 0 aliphatic heterocycles. The maximum atomic E-state index is 4.20. The molecule has 2 heterocycles. The van der Waals surface area contributed by atoms with Crippen LogP contribution in [-0.2, 0) is 6.42 Å². The Labute approximate surface area is 117 Å². The second-order valence-electron chi connectivity index (χ2n) is 4.57. The Morgan fingerprint density at radius 2 is 2.16 bits per heavy atom. The van der Waals surface area contributed by atoms with E-state index in [4.69, 9.17) is 0 Å². The zero-order chi connectivity index (χ0) is 13.1. The van der Waals surface area contributed by atoms with Crippen LogP contribution in [0.5, 0.6) is 0 Å². The van der Waals surface area contributed by atoms with Crippen molar-refractivity contribution in [1.29, 1.82) is 0 Å². The fourth-order valence-corrected chi connectivity index (χ4v) is 3.20. The van der Waals surface area contributed by atoms with Crippen molar-refractivity contribution in [2.75, 3.05) is 7.05 Å². The lowest BCUT2D eigenvalue weighted by molar-refractivity contribution is 0.601.